The topological polar surface area (TPSA) is 54.4 Å². The van der Waals surface area contributed by atoms with Crippen LogP contribution in [0.2, 0.25) is 0 Å². The van der Waals surface area contributed by atoms with Crippen molar-refractivity contribution in [1.29, 1.82) is 0 Å². The van der Waals surface area contributed by atoms with Gasteiger partial charge in [-0.15, -0.1) is 0 Å². The SMILES string of the molecule is CC(C)[C@]1(C)N=C(c2ccccn2)NC1=O. The van der Waals surface area contributed by atoms with E-state index in [1.54, 1.807) is 6.20 Å². The quantitative estimate of drug-likeness (QED) is 0.813. The first kappa shape index (κ1) is 10.8. The van der Waals surface area contributed by atoms with Crippen LogP contribution in [0.25, 0.3) is 0 Å². The Balaban J connectivity index is 2.37. The van der Waals surface area contributed by atoms with Crippen molar-refractivity contribution >= 4 is 11.7 Å². The van der Waals surface area contributed by atoms with E-state index in [0.717, 1.165) is 0 Å². The predicted octanol–water partition coefficient (Wildman–Crippen LogP) is 1.37. The minimum atomic E-state index is -0.674. The van der Waals surface area contributed by atoms with E-state index in [0.29, 0.717) is 11.5 Å². The molecule has 4 heteroatoms. The van der Waals surface area contributed by atoms with Crippen LogP contribution in [0.4, 0.5) is 0 Å². The number of hydrogen-bond donors (Lipinski definition) is 1. The molecule has 1 aliphatic rings. The van der Waals surface area contributed by atoms with Gasteiger partial charge in [0.2, 0.25) is 0 Å². The predicted molar refractivity (Wildman–Crippen MR) is 62.2 cm³/mol. The maximum absolute atomic E-state index is 11.9. The lowest BCUT2D eigenvalue weighted by atomic mass is 9.89. The van der Waals surface area contributed by atoms with Crippen molar-refractivity contribution in [3.63, 3.8) is 0 Å². The van der Waals surface area contributed by atoms with E-state index in [1.165, 1.54) is 0 Å². The number of aliphatic imine (C=N–C) groups is 1. The molecule has 4 nitrogen and oxygen atoms in total. The van der Waals surface area contributed by atoms with Gasteiger partial charge >= 0.3 is 0 Å². The van der Waals surface area contributed by atoms with Gasteiger partial charge in [-0.2, -0.15) is 0 Å². The third-order valence-electron chi connectivity index (χ3n) is 3.07. The standard InChI is InChI=1S/C12H15N3O/c1-8(2)12(3)11(16)14-10(15-12)9-6-4-5-7-13-9/h4-8H,1-3H3,(H,14,15,16)/t12-/m0/s1. The van der Waals surface area contributed by atoms with Gasteiger partial charge in [-0.25, -0.2) is 4.99 Å². The number of amidine groups is 1. The van der Waals surface area contributed by atoms with Gasteiger partial charge in [0.05, 0.1) is 0 Å². The van der Waals surface area contributed by atoms with Crippen molar-refractivity contribution in [3.05, 3.63) is 30.1 Å². The Kier molecular flexibility index (Phi) is 2.50. The van der Waals surface area contributed by atoms with E-state index in [2.05, 4.69) is 15.3 Å². The summed E-state index contributed by atoms with van der Waals surface area (Å²) in [5.41, 5.74) is 0.0348. The zero-order valence-electron chi connectivity index (χ0n) is 9.69. The largest absolute Gasteiger partial charge is 0.307 e. The van der Waals surface area contributed by atoms with Crippen molar-refractivity contribution in [2.45, 2.75) is 26.3 Å². The van der Waals surface area contributed by atoms with Crippen LogP contribution in [-0.2, 0) is 4.79 Å². The van der Waals surface area contributed by atoms with E-state index >= 15 is 0 Å². The first-order valence-corrected chi connectivity index (χ1v) is 5.37. The second-order valence-electron chi connectivity index (χ2n) is 4.43. The summed E-state index contributed by atoms with van der Waals surface area (Å²) < 4.78 is 0. The third-order valence-corrected chi connectivity index (χ3v) is 3.07. The highest BCUT2D eigenvalue weighted by Gasteiger charge is 2.42. The van der Waals surface area contributed by atoms with Crippen LogP contribution in [0.1, 0.15) is 26.5 Å². The minimum Gasteiger partial charge on any atom is -0.307 e. The summed E-state index contributed by atoms with van der Waals surface area (Å²) in [6.45, 7) is 5.83. The first-order chi connectivity index (χ1) is 7.54. The maximum Gasteiger partial charge on any atom is 0.253 e. The molecular weight excluding hydrogens is 202 g/mol. The van der Waals surface area contributed by atoms with Gasteiger partial charge in [0.25, 0.3) is 5.91 Å². The number of nitrogens with zero attached hydrogens (tertiary/aromatic N) is 2. The van der Waals surface area contributed by atoms with Crippen LogP contribution in [0.3, 0.4) is 0 Å². The minimum absolute atomic E-state index is 0.0526. The van der Waals surface area contributed by atoms with Crippen LogP contribution in [0.5, 0.6) is 0 Å². The smallest absolute Gasteiger partial charge is 0.253 e. The monoisotopic (exact) mass is 217 g/mol. The van der Waals surface area contributed by atoms with Crippen molar-refractivity contribution in [2.24, 2.45) is 10.9 Å². The summed E-state index contributed by atoms with van der Waals surface area (Å²) in [5.74, 6) is 0.679. The normalized spacial score (nSPS) is 24.5. The summed E-state index contributed by atoms with van der Waals surface area (Å²) >= 11 is 0. The van der Waals surface area contributed by atoms with E-state index in [9.17, 15) is 4.79 Å². The maximum atomic E-state index is 11.9. The van der Waals surface area contributed by atoms with E-state index in [-0.39, 0.29) is 11.8 Å². The third kappa shape index (κ3) is 1.60. The van der Waals surface area contributed by atoms with Gasteiger partial charge in [-0.3, -0.25) is 9.78 Å². The number of pyridine rings is 1. The molecule has 1 aliphatic heterocycles. The first-order valence-electron chi connectivity index (χ1n) is 5.37. The fourth-order valence-electron chi connectivity index (χ4n) is 1.56. The summed E-state index contributed by atoms with van der Waals surface area (Å²) in [5, 5.41) is 2.79. The number of rotatable bonds is 2. The molecule has 0 radical (unpaired) electrons. The molecule has 2 rings (SSSR count). The van der Waals surface area contributed by atoms with Crippen LogP contribution < -0.4 is 5.32 Å². The van der Waals surface area contributed by atoms with Gasteiger partial charge in [0.15, 0.2) is 5.84 Å². The lowest BCUT2D eigenvalue weighted by Crippen LogP contribution is -2.41. The Hall–Kier alpha value is -1.71. The van der Waals surface area contributed by atoms with Crippen LogP contribution in [0.15, 0.2) is 29.4 Å². The Morgan fingerprint density at radius 2 is 2.12 bits per heavy atom. The fourth-order valence-corrected chi connectivity index (χ4v) is 1.56. The van der Waals surface area contributed by atoms with Gasteiger partial charge in [-0.1, -0.05) is 19.9 Å². The molecule has 0 spiro atoms. The van der Waals surface area contributed by atoms with Crippen molar-refractivity contribution in [3.8, 4) is 0 Å². The summed E-state index contributed by atoms with van der Waals surface area (Å²) in [6, 6.07) is 5.55. The highest BCUT2D eigenvalue weighted by Crippen LogP contribution is 2.26. The van der Waals surface area contributed by atoms with Gasteiger partial charge < -0.3 is 5.32 Å². The number of carbonyl (C=O) groups excluding carboxylic acids is 1. The van der Waals surface area contributed by atoms with Crippen molar-refractivity contribution in [1.82, 2.24) is 10.3 Å². The van der Waals surface area contributed by atoms with Crippen LogP contribution in [0, 0.1) is 5.92 Å². The molecule has 0 aliphatic carbocycles. The average molecular weight is 217 g/mol. The molecule has 1 aromatic rings. The molecule has 1 N–H and O–H groups in total. The molecule has 0 unspecified atom stereocenters. The number of aromatic nitrogens is 1. The summed E-state index contributed by atoms with van der Waals surface area (Å²) in [7, 11) is 0. The average Bonchev–Trinajstić information content (AvgIpc) is 2.58. The Bertz CT molecular complexity index is 439. The second kappa shape index (κ2) is 3.70. The second-order valence-corrected chi connectivity index (χ2v) is 4.43. The molecule has 1 aromatic heterocycles. The molecule has 0 aromatic carbocycles. The Labute approximate surface area is 94.8 Å². The van der Waals surface area contributed by atoms with E-state index < -0.39 is 5.54 Å². The van der Waals surface area contributed by atoms with Crippen LogP contribution >= 0.6 is 0 Å². The highest BCUT2D eigenvalue weighted by atomic mass is 16.2. The molecule has 0 bridgehead atoms. The van der Waals surface area contributed by atoms with Crippen molar-refractivity contribution in [2.75, 3.05) is 0 Å². The Morgan fingerprint density at radius 1 is 1.38 bits per heavy atom. The zero-order valence-corrected chi connectivity index (χ0v) is 9.69. The molecule has 1 atom stereocenters. The van der Waals surface area contributed by atoms with E-state index in [1.807, 2.05) is 39.0 Å². The fraction of sp³-hybridized carbons (Fsp3) is 0.417. The molecule has 0 fully saturated rings. The molecule has 1 amide bonds. The van der Waals surface area contributed by atoms with Gasteiger partial charge in [0, 0.05) is 6.20 Å². The molecule has 0 saturated carbocycles. The zero-order chi connectivity index (χ0) is 11.8. The summed E-state index contributed by atoms with van der Waals surface area (Å²) in [4.78, 5) is 20.5. The van der Waals surface area contributed by atoms with Crippen LogP contribution in [-0.4, -0.2) is 22.3 Å². The summed E-state index contributed by atoms with van der Waals surface area (Å²) in [6.07, 6.45) is 1.69. The number of carbonyl (C=O) groups is 1. The highest BCUT2D eigenvalue weighted by molar-refractivity contribution is 6.14. The number of amides is 1. The molecule has 0 saturated heterocycles. The number of nitrogens with one attached hydrogen (secondary N) is 1. The Morgan fingerprint density at radius 3 is 2.62 bits per heavy atom. The molecule has 16 heavy (non-hydrogen) atoms. The lowest BCUT2D eigenvalue weighted by Gasteiger charge is -2.21. The molecular formula is C12H15N3O. The van der Waals surface area contributed by atoms with Crippen molar-refractivity contribution < 1.29 is 4.79 Å². The lowest BCUT2D eigenvalue weighted by molar-refractivity contribution is -0.124. The van der Waals surface area contributed by atoms with E-state index in [4.69, 9.17) is 0 Å². The van der Waals surface area contributed by atoms with Gasteiger partial charge in [-0.05, 0) is 25.0 Å². The number of hydrogen-bond acceptors (Lipinski definition) is 3. The van der Waals surface area contributed by atoms with Gasteiger partial charge in [0.1, 0.15) is 11.2 Å². The molecule has 84 valence electrons. The molecule has 2 heterocycles.